The topological polar surface area (TPSA) is 101 Å². The third kappa shape index (κ3) is 4.80. The highest BCUT2D eigenvalue weighted by Gasteiger charge is 2.31. The van der Waals surface area contributed by atoms with E-state index in [2.05, 4.69) is 0 Å². The third-order valence-electron chi connectivity index (χ3n) is 5.19. The summed E-state index contributed by atoms with van der Waals surface area (Å²) in [5.74, 6) is -0.753. The van der Waals surface area contributed by atoms with Crippen LogP contribution in [-0.4, -0.2) is 54.6 Å². The summed E-state index contributed by atoms with van der Waals surface area (Å²) in [5.41, 5.74) is 0.919. The molecule has 0 saturated carbocycles. The van der Waals surface area contributed by atoms with Gasteiger partial charge >= 0.3 is 0 Å². The molecule has 1 fully saturated rings. The van der Waals surface area contributed by atoms with Gasteiger partial charge in [-0.05, 0) is 31.1 Å². The van der Waals surface area contributed by atoms with E-state index >= 15 is 0 Å². The molecule has 0 radical (unpaired) electrons. The Balaban J connectivity index is 1.72. The Labute approximate surface area is 179 Å². The zero-order chi connectivity index (χ0) is 22.8. The van der Waals surface area contributed by atoms with Crippen molar-refractivity contribution in [2.45, 2.75) is 18.7 Å². The van der Waals surface area contributed by atoms with Crippen molar-refractivity contribution in [3.63, 3.8) is 0 Å². The standard InChI is InChI=1S/C21H22FN3O5S/c1-15-7-8-17(25(27)28)14-20(15)31(29,30)24-11-9-23(10-12-24)21(26)13-16(2)18-5-3-4-6-19(18)22/h3-8,13-14H,9-12H2,1-2H3/b16-13-. The molecule has 0 atom stereocenters. The monoisotopic (exact) mass is 447 g/mol. The Morgan fingerprint density at radius 1 is 1.13 bits per heavy atom. The predicted molar refractivity (Wildman–Crippen MR) is 113 cm³/mol. The van der Waals surface area contributed by atoms with Crippen LogP contribution in [0.3, 0.4) is 0 Å². The summed E-state index contributed by atoms with van der Waals surface area (Å²) in [5, 5.41) is 11.0. The summed E-state index contributed by atoms with van der Waals surface area (Å²) in [6.45, 7) is 3.65. The van der Waals surface area contributed by atoms with Gasteiger partial charge in [0.15, 0.2) is 0 Å². The molecule has 3 rings (SSSR count). The Morgan fingerprint density at radius 2 is 1.77 bits per heavy atom. The maximum Gasteiger partial charge on any atom is 0.270 e. The van der Waals surface area contributed by atoms with Gasteiger partial charge in [0.2, 0.25) is 15.9 Å². The number of carbonyl (C=O) groups excluding carboxylic acids is 1. The van der Waals surface area contributed by atoms with E-state index in [1.54, 1.807) is 32.0 Å². The first-order valence-corrected chi connectivity index (χ1v) is 11.0. The number of amides is 1. The second-order valence-electron chi connectivity index (χ2n) is 7.24. The maximum absolute atomic E-state index is 13.9. The Morgan fingerprint density at radius 3 is 2.39 bits per heavy atom. The first-order chi connectivity index (χ1) is 14.6. The molecule has 1 aliphatic heterocycles. The van der Waals surface area contributed by atoms with Crippen LogP contribution in [0.2, 0.25) is 0 Å². The fourth-order valence-corrected chi connectivity index (χ4v) is 5.07. The van der Waals surface area contributed by atoms with Crippen LogP contribution in [0, 0.1) is 22.9 Å². The van der Waals surface area contributed by atoms with Gasteiger partial charge in [-0.2, -0.15) is 4.31 Å². The molecule has 0 aromatic heterocycles. The maximum atomic E-state index is 13.9. The van der Waals surface area contributed by atoms with E-state index < -0.39 is 20.8 Å². The Hall–Kier alpha value is -3.11. The summed E-state index contributed by atoms with van der Waals surface area (Å²) in [4.78, 5) is 24.3. The minimum absolute atomic E-state index is 0.0583. The second-order valence-corrected chi connectivity index (χ2v) is 9.15. The van der Waals surface area contributed by atoms with Gasteiger partial charge in [-0.1, -0.05) is 24.3 Å². The summed E-state index contributed by atoms with van der Waals surface area (Å²) in [7, 11) is -3.94. The molecule has 1 saturated heterocycles. The predicted octanol–water partition coefficient (Wildman–Crippen LogP) is 2.98. The number of halogens is 1. The van der Waals surface area contributed by atoms with E-state index in [4.69, 9.17) is 0 Å². The largest absolute Gasteiger partial charge is 0.337 e. The van der Waals surface area contributed by atoms with Crippen molar-refractivity contribution in [2.24, 2.45) is 0 Å². The van der Waals surface area contributed by atoms with Gasteiger partial charge in [-0.25, -0.2) is 12.8 Å². The van der Waals surface area contributed by atoms with Crippen molar-refractivity contribution in [1.82, 2.24) is 9.21 Å². The van der Waals surface area contributed by atoms with Crippen LogP contribution in [0.15, 0.2) is 53.4 Å². The van der Waals surface area contributed by atoms with Crippen LogP contribution in [0.4, 0.5) is 10.1 Å². The number of nitro benzene ring substituents is 1. The highest BCUT2D eigenvalue weighted by Crippen LogP contribution is 2.26. The molecule has 2 aromatic rings. The van der Waals surface area contributed by atoms with E-state index in [0.717, 1.165) is 6.07 Å². The van der Waals surface area contributed by atoms with Crippen molar-refractivity contribution in [3.8, 4) is 0 Å². The molecule has 0 N–H and O–H groups in total. The molecule has 0 unspecified atom stereocenters. The number of carbonyl (C=O) groups is 1. The molecule has 0 aliphatic carbocycles. The molecule has 0 spiro atoms. The fraction of sp³-hybridized carbons (Fsp3) is 0.286. The van der Waals surface area contributed by atoms with Gasteiger partial charge in [-0.3, -0.25) is 14.9 Å². The number of hydrogen-bond donors (Lipinski definition) is 0. The van der Waals surface area contributed by atoms with Crippen molar-refractivity contribution < 1.29 is 22.5 Å². The molecule has 1 heterocycles. The van der Waals surface area contributed by atoms with Crippen molar-refractivity contribution in [1.29, 1.82) is 0 Å². The highest BCUT2D eigenvalue weighted by atomic mass is 32.2. The van der Waals surface area contributed by atoms with Crippen LogP contribution < -0.4 is 0 Å². The lowest BCUT2D eigenvalue weighted by Crippen LogP contribution is -2.50. The van der Waals surface area contributed by atoms with Crippen LogP contribution >= 0.6 is 0 Å². The van der Waals surface area contributed by atoms with Crippen molar-refractivity contribution in [3.05, 3.63) is 75.6 Å². The van der Waals surface area contributed by atoms with E-state index in [0.29, 0.717) is 16.7 Å². The van der Waals surface area contributed by atoms with Gasteiger partial charge in [0.05, 0.1) is 9.82 Å². The van der Waals surface area contributed by atoms with Gasteiger partial charge < -0.3 is 4.90 Å². The van der Waals surface area contributed by atoms with E-state index in [9.17, 15) is 27.7 Å². The number of benzene rings is 2. The molecule has 0 bridgehead atoms. The summed E-state index contributed by atoms with van der Waals surface area (Å²) < 4.78 is 41.1. The van der Waals surface area contributed by atoms with Gasteiger partial charge in [0.1, 0.15) is 5.82 Å². The number of hydrogen-bond acceptors (Lipinski definition) is 5. The fourth-order valence-electron chi connectivity index (χ4n) is 3.40. The number of piperazine rings is 1. The summed E-state index contributed by atoms with van der Waals surface area (Å²) in [6, 6.07) is 9.87. The minimum Gasteiger partial charge on any atom is -0.337 e. The summed E-state index contributed by atoms with van der Waals surface area (Å²) >= 11 is 0. The van der Waals surface area contributed by atoms with Crippen LogP contribution in [-0.2, 0) is 14.8 Å². The SMILES string of the molecule is C/C(=C/C(=O)N1CCN(S(=O)(=O)c2cc([N+](=O)[O-])ccc2C)CC1)c1ccccc1F. The smallest absolute Gasteiger partial charge is 0.270 e. The molecule has 31 heavy (non-hydrogen) atoms. The number of sulfonamides is 1. The lowest BCUT2D eigenvalue weighted by Gasteiger charge is -2.33. The molecule has 1 amide bonds. The Bertz CT molecular complexity index is 1160. The summed E-state index contributed by atoms with van der Waals surface area (Å²) in [6.07, 6.45) is 1.34. The number of aryl methyl sites for hydroxylation is 1. The molecule has 1 aliphatic rings. The third-order valence-corrected chi connectivity index (χ3v) is 7.23. The number of allylic oxidation sites excluding steroid dienone is 1. The van der Waals surface area contributed by atoms with Crippen molar-refractivity contribution in [2.75, 3.05) is 26.2 Å². The van der Waals surface area contributed by atoms with Gasteiger partial charge in [-0.15, -0.1) is 0 Å². The Kier molecular flexibility index (Phi) is 6.51. The van der Waals surface area contributed by atoms with E-state index in [-0.39, 0.29) is 42.7 Å². The first kappa shape index (κ1) is 22.6. The van der Waals surface area contributed by atoms with E-state index in [1.165, 1.54) is 33.5 Å². The second kappa shape index (κ2) is 8.94. The first-order valence-electron chi connectivity index (χ1n) is 9.58. The minimum atomic E-state index is -3.94. The van der Waals surface area contributed by atoms with Crippen LogP contribution in [0.5, 0.6) is 0 Å². The normalized spacial score (nSPS) is 15.7. The van der Waals surface area contributed by atoms with Crippen molar-refractivity contribution >= 4 is 27.2 Å². The number of non-ortho nitro benzene ring substituents is 1. The van der Waals surface area contributed by atoms with Crippen LogP contribution in [0.25, 0.3) is 5.57 Å². The highest BCUT2D eigenvalue weighted by molar-refractivity contribution is 7.89. The van der Waals surface area contributed by atoms with Gasteiger partial charge in [0, 0.05) is 50.0 Å². The average molecular weight is 447 g/mol. The zero-order valence-corrected chi connectivity index (χ0v) is 17.9. The molecule has 164 valence electrons. The molecule has 8 nitrogen and oxygen atoms in total. The quantitative estimate of drug-likeness (QED) is 0.398. The number of nitro groups is 1. The number of rotatable bonds is 5. The zero-order valence-electron chi connectivity index (χ0n) is 17.1. The lowest BCUT2D eigenvalue weighted by molar-refractivity contribution is -0.385. The molecular formula is C21H22FN3O5S. The molecule has 2 aromatic carbocycles. The molecular weight excluding hydrogens is 425 g/mol. The van der Waals surface area contributed by atoms with Crippen LogP contribution in [0.1, 0.15) is 18.1 Å². The average Bonchev–Trinajstić information content (AvgIpc) is 2.74. The number of nitrogens with zero attached hydrogens (tertiary/aromatic N) is 3. The van der Waals surface area contributed by atoms with Gasteiger partial charge in [0.25, 0.3) is 5.69 Å². The molecule has 10 heteroatoms. The lowest BCUT2D eigenvalue weighted by atomic mass is 10.1. The van der Waals surface area contributed by atoms with E-state index in [1.807, 2.05) is 0 Å².